The average molecular weight is 637 g/mol. The van der Waals surface area contributed by atoms with Gasteiger partial charge in [0.1, 0.15) is 47.6 Å². The van der Waals surface area contributed by atoms with Crippen LogP contribution in [0, 0.1) is 11.3 Å². The second-order valence-corrected chi connectivity index (χ2v) is 12.1. The van der Waals surface area contributed by atoms with E-state index in [0.717, 1.165) is 13.0 Å². The van der Waals surface area contributed by atoms with Gasteiger partial charge in [-0.05, 0) is 57.6 Å². The van der Waals surface area contributed by atoms with Crippen LogP contribution < -0.4 is 0 Å². The molecule has 1 saturated carbocycles. The summed E-state index contributed by atoms with van der Waals surface area (Å²) in [5.74, 6) is -3.72. The van der Waals surface area contributed by atoms with Gasteiger partial charge in [0.2, 0.25) is 6.29 Å². The van der Waals surface area contributed by atoms with E-state index in [1.807, 2.05) is 0 Å². The van der Waals surface area contributed by atoms with Gasteiger partial charge in [0.05, 0.1) is 7.11 Å². The predicted octanol–water partition coefficient (Wildman–Crippen LogP) is 0.700. The summed E-state index contributed by atoms with van der Waals surface area (Å²) in [6.45, 7) is 5.24. The van der Waals surface area contributed by atoms with E-state index in [1.54, 1.807) is 26.0 Å². The zero-order chi connectivity index (χ0) is 33.3. The highest BCUT2D eigenvalue weighted by Gasteiger charge is 2.74. The fraction of sp³-hybridized carbons (Fsp3) is 0.645. The summed E-state index contributed by atoms with van der Waals surface area (Å²) >= 11 is 0. The van der Waals surface area contributed by atoms with Crippen LogP contribution in [-0.4, -0.2) is 101 Å². The Labute approximate surface area is 259 Å². The van der Waals surface area contributed by atoms with Crippen molar-refractivity contribution in [3.63, 3.8) is 0 Å². The number of methoxy groups -OCH3 is 1. The highest BCUT2D eigenvalue weighted by Crippen LogP contribution is 2.65. The fourth-order valence-electron chi connectivity index (χ4n) is 7.03. The van der Waals surface area contributed by atoms with Gasteiger partial charge in [-0.1, -0.05) is 12.2 Å². The van der Waals surface area contributed by atoms with Crippen LogP contribution in [0.25, 0.3) is 0 Å². The monoisotopic (exact) mass is 636 g/mol. The second-order valence-electron chi connectivity index (χ2n) is 12.1. The molecule has 4 rings (SSSR count). The minimum atomic E-state index is -1.78. The minimum Gasteiger partial charge on any atom is -0.466 e. The number of aliphatic hydroxyl groups is 3. The van der Waals surface area contributed by atoms with Crippen molar-refractivity contribution in [2.24, 2.45) is 11.3 Å². The summed E-state index contributed by atoms with van der Waals surface area (Å²) in [4.78, 5) is 62.4. The van der Waals surface area contributed by atoms with Crippen molar-refractivity contribution in [1.29, 1.82) is 0 Å². The number of rotatable bonds is 8. The van der Waals surface area contributed by atoms with Crippen molar-refractivity contribution in [3.8, 4) is 0 Å². The number of cyclic esters (lactones) is 1. The van der Waals surface area contributed by atoms with Crippen molar-refractivity contribution >= 4 is 29.8 Å². The molecular weight excluding hydrogens is 596 g/mol. The lowest BCUT2D eigenvalue weighted by Gasteiger charge is -2.54. The number of aliphatic hydroxyl groups excluding tert-OH is 3. The van der Waals surface area contributed by atoms with E-state index in [2.05, 4.69) is 0 Å². The first-order chi connectivity index (χ1) is 21.1. The van der Waals surface area contributed by atoms with Gasteiger partial charge < -0.3 is 43.7 Å². The summed E-state index contributed by atoms with van der Waals surface area (Å²) in [6.07, 6.45) is -0.704. The lowest BCUT2D eigenvalue weighted by Crippen LogP contribution is -2.65. The Kier molecular flexibility index (Phi) is 9.93. The molecule has 3 fully saturated rings. The normalized spacial score (nSPS) is 37.9. The quantitative estimate of drug-likeness (QED) is 0.145. The molecule has 248 valence electrons. The highest BCUT2D eigenvalue weighted by atomic mass is 16.7. The highest BCUT2D eigenvalue weighted by molar-refractivity contribution is 5.89. The SMILES string of the molecule is COC(=O)C1=CC[C@@]23CC[C@@H]([C@@](C)(/C=C/C(C)=C/C(=O)O[C@@H]4O[C@H](COC(C)=O)[C@@H](O)[C@H](O)[C@H]4O)OC2=O)[C@@]3(OC(C)=O)CC1. The van der Waals surface area contributed by atoms with Gasteiger partial charge in [-0.3, -0.25) is 14.4 Å². The van der Waals surface area contributed by atoms with E-state index in [0.29, 0.717) is 24.0 Å². The molecule has 4 aliphatic rings. The molecule has 0 aromatic rings. The molecule has 0 aromatic carbocycles. The van der Waals surface area contributed by atoms with Crippen LogP contribution in [0.2, 0.25) is 0 Å². The molecule has 3 N–H and O–H groups in total. The molecule has 0 aromatic heterocycles. The van der Waals surface area contributed by atoms with Crippen molar-refractivity contribution in [3.05, 3.63) is 35.5 Å². The van der Waals surface area contributed by atoms with Gasteiger partial charge in [-0.15, -0.1) is 0 Å². The Hall–Kier alpha value is -3.59. The van der Waals surface area contributed by atoms with Gasteiger partial charge in [-0.2, -0.15) is 0 Å². The fourth-order valence-corrected chi connectivity index (χ4v) is 7.03. The average Bonchev–Trinajstić information content (AvgIpc) is 3.11. The summed E-state index contributed by atoms with van der Waals surface area (Å²) in [5, 5.41) is 30.6. The first kappa shape index (κ1) is 34.3. The standard InChI is InChI=1S/C31H40O14/c1-16(14-22(34)43-27-25(37)24(36)23(35)20(42-27)15-41-17(2)32)6-10-29(4)21-9-12-30(28(39)45-29)11-7-19(26(38)40-5)8-13-31(21,30)44-18(3)33/h6-7,10,14,20-21,23-25,27,35-37H,8-9,11-13,15H2,1-5H3/b10-6+,16-14+/t20-,21+,23-,24+,25-,27+,29-,30-,31+/m1/s1. The third kappa shape index (κ3) is 6.41. The summed E-state index contributed by atoms with van der Waals surface area (Å²) < 4.78 is 32.3. The van der Waals surface area contributed by atoms with Crippen molar-refractivity contribution < 1.29 is 67.7 Å². The van der Waals surface area contributed by atoms with Crippen LogP contribution in [0.15, 0.2) is 35.5 Å². The maximum absolute atomic E-state index is 13.8. The van der Waals surface area contributed by atoms with Crippen LogP contribution in [-0.2, 0) is 52.4 Å². The molecule has 2 aliphatic heterocycles. The minimum absolute atomic E-state index is 0.146. The first-order valence-corrected chi connectivity index (χ1v) is 14.7. The Morgan fingerprint density at radius 3 is 2.40 bits per heavy atom. The third-order valence-electron chi connectivity index (χ3n) is 9.24. The topological polar surface area (TPSA) is 201 Å². The van der Waals surface area contributed by atoms with Gasteiger partial charge >= 0.3 is 29.8 Å². The Morgan fingerprint density at radius 1 is 1.04 bits per heavy atom. The number of carbonyl (C=O) groups is 5. The lowest BCUT2D eigenvalue weighted by molar-refractivity contribution is -0.291. The molecule has 2 heterocycles. The maximum atomic E-state index is 13.8. The number of carbonyl (C=O) groups excluding carboxylic acids is 5. The van der Waals surface area contributed by atoms with Crippen molar-refractivity contribution in [2.75, 3.05) is 13.7 Å². The van der Waals surface area contributed by atoms with E-state index in [1.165, 1.54) is 20.1 Å². The lowest BCUT2D eigenvalue weighted by atomic mass is 9.62. The van der Waals surface area contributed by atoms with Gasteiger partial charge in [0, 0.05) is 31.4 Å². The molecule has 2 aliphatic carbocycles. The smallest absolute Gasteiger partial charge is 0.333 e. The molecule has 45 heavy (non-hydrogen) atoms. The number of esters is 5. The zero-order valence-corrected chi connectivity index (χ0v) is 25.8. The maximum Gasteiger partial charge on any atom is 0.333 e. The van der Waals surface area contributed by atoms with E-state index < -0.39 is 89.7 Å². The van der Waals surface area contributed by atoms with Gasteiger partial charge in [0.25, 0.3) is 0 Å². The molecule has 0 unspecified atom stereocenters. The number of ether oxygens (including phenoxy) is 6. The Bertz CT molecular complexity index is 1320. The largest absolute Gasteiger partial charge is 0.466 e. The summed E-state index contributed by atoms with van der Waals surface area (Å²) in [5.41, 5.74) is -2.93. The van der Waals surface area contributed by atoms with Crippen molar-refractivity contribution in [1.82, 2.24) is 0 Å². The van der Waals surface area contributed by atoms with E-state index in [9.17, 15) is 39.3 Å². The first-order valence-electron chi connectivity index (χ1n) is 14.7. The molecule has 14 nitrogen and oxygen atoms in total. The van der Waals surface area contributed by atoms with Gasteiger partial charge in [0.15, 0.2) is 0 Å². The molecule has 0 radical (unpaired) electrons. The number of hydrogen-bond acceptors (Lipinski definition) is 14. The zero-order valence-electron chi connectivity index (χ0n) is 25.8. The van der Waals surface area contributed by atoms with E-state index in [-0.39, 0.29) is 19.3 Å². The Balaban J connectivity index is 1.53. The van der Waals surface area contributed by atoms with E-state index in [4.69, 9.17) is 28.4 Å². The summed E-state index contributed by atoms with van der Waals surface area (Å²) in [6, 6.07) is 0. The molecule has 0 amide bonds. The molecule has 2 saturated heterocycles. The molecular formula is C31H40O14. The predicted molar refractivity (Wildman–Crippen MR) is 150 cm³/mol. The van der Waals surface area contributed by atoms with Crippen LogP contribution in [0.3, 0.4) is 0 Å². The molecule has 0 spiro atoms. The molecule has 14 heteroatoms. The van der Waals surface area contributed by atoms with Gasteiger partial charge in [-0.25, -0.2) is 9.59 Å². The second kappa shape index (κ2) is 13.0. The van der Waals surface area contributed by atoms with E-state index >= 15 is 0 Å². The van der Waals surface area contributed by atoms with Crippen LogP contribution in [0.5, 0.6) is 0 Å². The molecule has 9 atom stereocenters. The van der Waals surface area contributed by atoms with Crippen molar-refractivity contribution in [2.45, 2.75) is 102 Å². The van der Waals surface area contributed by atoms with Crippen LogP contribution in [0.4, 0.5) is 0 Å². The van der Waals surface area contributed by atoms with Crippen LogP contribution >= 0.6 is 0 Å². The Morgan fingerprint density at radius 2 is 1.76 bits per heavy atom. The number of hydrogen-bond donors (Lipinski definition) is 3. The van der Waals surface area contributed by atoms with Crippen LogP contribution in [0.1, 0.15) is 59.8 Å². The third-order valence-corrected chi connectivity index (χ3v) is 9.24. The number of allylic oxidation sites excluding steroid dienone is 3. The summed E-state index contributed by atoms with van der Waals surface area (Å²) in [7, 11) is 1.27. The molecule has 2 bridgehead atoms.